The van der Waals surface area contributed by atoms with Crippen LogP contribution in [0.25, 0.3) is 0 Å². The van der Waals surface area contributed by atoms with Crippen LogP contribution in [0.1, 0.15) is 33.6 Å². The van der Waals surface area contributed by atoms with Crippen LogP contribution in [0.15, 0.2) is 12.7 Å². The summed E-state index contributed by atoms with van der Waals surface area (Å²) in [4.78, 5) is 11.0. The van der Waals surface area contributed by atoms with Crippen molar-refractivity contribution in [1.82, 2.24) is 0 Å². The number of hydrogen-bond donors (Lipinski definition) is 2. The quantitative estimate of drug-likeness (QED) is 0.645. The van der Waals surface area contributed by atoms with Gasteiger partial charge in [0.2, 0.25) is 0 Å². The molecule has 0 aromatic rings. The Morgan fingerprint density at radius 1 is 1.57 bits per heavy atom. The molecule has 0 aliphatic carbocycles. The first-order valence-corrected chi connectivity index (χ1v) is 4.98. The molecule has 0 rings (SSSR count). The fourth-order valence-corrected chi connectivity index (χ4v) is 1.62. The molecule has 0 radical (unpaired) electrons. The Labute approximate surface area is 85.4 Å². The highest BCUT2D eigenvalue weighted by molar-refractivity contribution is 5.72. The minimum atomic E-state index is -1.30. The first-order chi connectivity index (χ1) is 6.40. The van der Waals surface area contributed by atoms with Crippen LogP contribution in [0.5, 0.6) is 0 Å². The molecule has 0 saturated heterocycles. The molecule has 2 N–H and O–H groups in total. The predicted molar refractivity (Wildman–Crippen MR) is 56.0 cm³/mol. The van der Waals surface area contributed by atoms with Crippen LogP contribution in [0.3, 0.4) is 0 Å². The third-order valence-corrected chi connectivity index (χ3v) is 2.69. The van der Waals surface area contributed by atoms with Gasteiger partial charge in [0.25, 0.3) is 0 Å². The van der Waals surface area contributed by atoms with Crippen molar-refractivity contribution >= 4 is 5.97 Å². The van der Waals surface area contributed by atoms with E-state index >= 15 is 0 Å². The number of carboxylic acids is 1. The Morgan fingerprint density at radius 2 is 2.07 bits per heavy atom. The van der Waals surface area contributed by atoms with E-state index in [4.69, 9.17) is 5.11 Å². The number of carboxylic acid groups (broad SMARTS) is 1. The molecule has 0 aliphatic heterocycles. The fraction of sp³-hybridized carbons (Fsp3) is 0.727. The van der Waals surface area contributed by atoms with E-state index in [1.165, 1.54) is 6.08 Å². The average Bonchev–Trinajstić information content (AvgIpc) is 2.12. The second-order valence-corrected chi connectivity index (χ2v) is 3.93. The van der Waals surface area contributed by atoms with Crippen LogP contribution in [-0.2, 0) is 4.79 Å². The Kier molecular flexibility index (Phi) is 4.85. The largest absolute Gasteiger partial charge is 0.481 e. The molecule has 14 heavy (non-hydrogen) atoms. The standard InChI is InChI=1S/C11H20O3/c1-5-7-9(10(12)13)11(14,6-2)8(3)4/h6,8-9,14H,2,5,7H2,1,3-4H3,(H,12,13). The lowest BCUT2D eigenvalue weighted by atomic mass is 9.76. The maximum absolute atomic E-state index is 11.0. The molecule has 0 fully saturated rings. The highest BCUT2D eigenvalue weighted by Gasteiger charge is 2.40. The Bertz CT molecular complexity index is 211. The van der Waals surface area contributed by atoms with Gasteiger partial charge in [0.05, 0.1) is 11.5 Å². The zero-order valence-corrected chi connectivity index (χ0v) is 9.16. The minimum Gasteiger partial charge on any atom is -0.481 e. The summed E-state index contributed by atoms with van der Waals surface area (Å²) in [6.07, 6.45) is 2.56. The summed E-state index contributed by atoms with van der Waals surface area (Å²) in [5.41, 5.74) is -1.30. The molecule has 2 atom stereocenters. The molecule has 0 heterocycles. The number of aliphatic hydroxyl groups is 1. The van der Waals surface area contributed by atoms with E-state index in [2.05, 4.69) is 6.58 Å². The second-order valence-electron chi connectivity index (χ2n) is 3.93. The van der Waals surface area contributed by atoms with Crippen molar-refractivity contribution in [2.75, 3.05) is 0 Å². The molecule has 0 bridgehead atoms. The fourth-order valence-electron chi connectivity index (χ4n) is 1.62. The smallest absolute Gasteiger partial charge is 0.309 e. The third kappa shape index (κ3) is 2.58. The normalized spacial score (nSPS) is 17.5. The Morgan fingerprint density at radius 3 is 2.29 bits per heavy atom. The average molecular weight is 200 g/mol. The van der Waals surface area contributed by atoms with E-state index in [0.29, 0.717) is 6.42 Å². The van der Waals surface area contributed by atoms with E-state index < -0.39 is 17.5 Å². The lowest BCUT2D eigenvalue weighted by Crippen LogP contribution is -2.45. The van der Waals surface area contributed by atoms with Gasteiger partial charge in [0.15, 0.2) is 0 Å². The summed E-state index contributed by atoms with van der Waals surface area (Å²) in [5.74, 6) is -1.86. The summed E-state index contributed by atoms with van der Waals surface area (Å²) in [7, 11) is 0. The predicted octanol–water partition coefficient (Wildman–Crippen LogP) is 2.06. The van der Waals surface area contributed by atoms with Gasteiger partial charge in [-0.25, -0.2) is 0 Å². The lowest BCUT2D eigenvalue weighted by molar-refractivity contribution is -0.152. The minimum absolute atomic E-state index is 0.146. The van der Waals surface area contributed by atoms with Crippen LogP contribution in [0, 0.1) is 11.8 Å². The van der Waals surface area contributed by atoms with Gasteiger partial charge in [-0.15, -0.1) is 6.58 Å². The summed E-state index contributed by atoms with van der Waals surface area (Å²) in [6.45, 7) is 9.03. The molecule has 0 aromatic carbocycles. The van der Waals surface area contributed by atoms with Crippen molar-refractivity contribution in [3.63, 3.8) is 0 Å². The van der Waals surface area contributed by atoms with Crippen molar-refractivity contribution in [3.05, 3.63) is 12.7 Å². The van der Waals surface area contributed by atoms with Crippen molar-refractivity contribution in [2.24, 2.45) is 11.8 Å². The first-order valence-electron chi connectivity index (χ1n) is 4.98. The third-order valence-electron chi connectivity index (χ3n) is 2.69. The van der Waals surface area contributed by atoms with Crippen LogP contribution in [0.2, 0.25) is 0 Å². The molecule has 0 aromatic heterocycles. The van der Waals surface area contributed by atoms with E-state index in [-0.39, 0.29) is 5.92 Å². The van der Waals surface area contributed by atoms with Gasteiger partial charge in [0, 0.05) is 0 Å². The number of rotatable bonds is 6. The highest BCUT2D eigenvalue weighted by Crippen LogP contribution is 2.31. The van der Waals surface area contributed by atoms with E-state index in [0.717, 1.165) is 6.42 Å². The van der Waals surface area contributed by atoms with Gasteiger partial charge in [0.1, 0.15) is 0 Å². The summed E-state index contributed by atoms with van der Waals surface area (Å²) in [6, 6.07) is 0. The van der Waals surface area contributed by atoms with E-state index in [1.54, 1.807) is 13.8 Å². The van der Waals surface area contributed by atoms with Gasteiger partial charge in [-0.05, 0) is 12.3 Å². The topological polar surface area (TPSA) is 57.5 Å². The highest BCUT2D eigenvalue weighted by atomic mass is 16.4. The molecule has 3 heteroatoms. The van der Waals surface area contributed by atoms with E-state index in [1.807, 2.05) is 6.92 Å². The van der Waals surface area contributed by atoms with Crippen molar-refractivity contribution in [1.29, 1.82) is 0 Å². The monoisotopic (exact) mass is 200 g/mol. The summed E-state index contributed by atoms with van der Waals surface area (Å²) >= 11 is 0. The number of carbonyl (C=O) groups is 1. The van der Waals surface area contributed by atoms with Crippen molar-refractivity contribution in [3.8, 4) is 0 Å². The maximum atomic E-state index is 11.0. The summed E-state index contributed by atoms with van der Waals surface area (Å²) in [5, 5.41) is 19.2. The van der Waals surface area contributed by atoms with Crippen LogP contribution < -0.4 is 0 Å². The first kappa shape index (κ1) is 13.2. The number of aliphatic carboxylic acids is 1. The number of hydrogen-bond acceptors (Lipinski definition) is 2. The molecule has 2 unspecified atom stereocenters. The van der Waals surface area contributed by atoms with E-state index in [9.17, 15) is 9.90 Å². The van der Waals surface area contributed by atoms with Crippen molar-refractivity contribution in [2.45, 2.75) is 39.2 Å². The molecule has 0 spiro atoms. The van der Waals surface area contributed by atoms with Gasteiger partial charge < -0.3 is 10.2 Å². The lowest BCUT2D eigenvalue weighted by Gasteiger charge is -2.34. The van der Waals surface area contributed by atoms with Gasteiger partial charge in [-0.3, -0.25) is 4.79 Å². The summed E-state index contributed by atoms with van der Waals surface area (Å²) < 4.78 is 0. The Balaban J connectivity index is 4.92. The zero-order valence-electron chi connectivity index (χ0n) is 9.16. The molecule has 82 valence electrons. The van der Waals surface area contributed by atoms with Crippen LogP contribution >= 0.6 is 0 Å². The second kappa shape index (κ2) is 5.15. The molecular weight excluding hydrogens is 180 g/mol. The van der Waals surface area contributed by atoms with Crippen molar-refractivity contribution < 1.29 is 15.0 Å². The maximum Gasteiger partial charge on any atom is 0.309 e. The van der Waals surface area contributed by atoms with Gasteiger partial charge >= 0.3 is 5.97 Å². The molecule has 0 amide bonds. The Hall–Kier alpha value is -0.830. The zero-order chi connectivity index (χ0) is 11.4. The molecular formula is C11H20O3. The SMILES string of the molecule is C=CC(O)(C(C)C)C(CCC)C(=O)O. The van der Waals surface area contributed by atoms with Gasteiger partial charge in [-0.1, -0.05) is 33.3 Å². The molecule has 0 aliphatic rings. The molecule has 0 saturated carbocycles. The van der Waals surface area contributed by atoms with Gasteiger partial charge in [-0.2, -0.15) is 0 Å². The van der Waals surface area contributed by atoms with Crippen LogP contribution in [0.4, 0.5) is 0 Å². The van der Waals surface area contributed by atoms with Crippen LogP contribution in [-0.4, -0.2) is 21.8 Å². The molecule has 3 nitrogen and oxygen atoms in total.